The molecule has 2 N–H and O–H groups in total. The van der Waals surface area contributed by atoms with E-state index in [-0.39, 0.29) is 5.91 Å². The van der Waals surface area contributed by atoms with Crippen molar-refractivity contribution in [2.45, 2.75) is 70.5 Å². The van der Waals surface area contributed by atoms with Crippen LogP contribution in [0.4, 0.5) is 21.9 Å². The van der Waals surface area contributed by atoms with Gasteiger partial charge in [-0.3, -0.25) is 9.79 Å². The Bertz CT molecular complexity index is 1460. The van der Waals surface area contributed by atoms with Gasteiger partial charge in [0.2, 0.25) is 6.17 Å². The Morgan fingerprint density at radius 2 is 1.56 bits per heavy atom. The number of benzene rings is 3. The standard InChI is InChI=1S/C37H46N6O2/c1-2-23-43-34-14-8-7-13-32(34)33(20-15-28-11-5-3-6-12-28)39-35(36(43)44)40-37(45)38-29-16-18-30(19-17-29)42-26-21-31(22-27-42)41-24-9-4-10-25-41/h3,5-8,11-14,16-19,31,35H,2,4,9-10,15,20-27H2,1H3,(H2,38,40,45)/t35-/m0/s1. The molecule has 0 bridgehead atoms. The van der Waals surface area contributed by atoms with Crippen LogP contribution in [0.3, 0.4) is 0 Å². The van der Waals surface area contributed by atoms with Crippen molar-refractivity contribution in [2.75, 3.05) is 47.8 Å². The highest BCUT2D eigenvalue weighted by atomic mass is 16.2. The van der Waals surface area contributed by atoms with Crippen LogP contribution in [-0.2, 0) is 11.2 Å². The summed E-state index contributed by atoms with van der Waals surface area (Å²) in [6.07, 6.45) is 7.67. The van der Waals surface area contributed by atoms with Gasteiger partial charge in [-0.1, -0.05) is 61.9 Å². The summed E-state index contributed by atoms with van der Waals surface area (Å²) in [7, 11) is 0. The minimum atomic E-state index is -1.02. The van der Waals surface area contributed by atoms with E-state index in [0.29, 0.717) is 24.7 Å². The van der Waals surface area contributed by atoms with Crippen molar-refractivity contribution < 1.29 is 9.59 Å². The molecule has 3 aromatic rings. The number of urea groups is 1. The third kappa shape index (κ3) is 7.56. The molecule has 3 amide bonds. The van der Waals surface area contributed by atoms with Crippen LogP contribution in [0.25, 0.3) is 0 Å². The minimum absolute atomic E-state index is 0.225. The first-order valence-corrected chi connectivity index (χ1v) is 16.8. The lowest BCUT2D eigenvalue weighted by molar-refractivity contribution is -0.120. The van der Waals surface area contributed by atoms with Gasteiger partial charge in [-0.05, 0) is 93.9 Å². The van der Waals surface area contributed by atoms with E-state index in [1.165, 1.54) is 56.4 Å². The first kappa shape index (κ1) is 30.8. The third-order valence-electron chi connectivity index (χ3n) is 9.36. The first-order valence-electron chi connectivity index (χ1n) is 16.8. The zero-order valence-corrected chi connectivity index (χ0v) is 26.5. The molecular formula is C37H46N6O2. The first-order chi connectivity index (χ1) is 22.1. The summed E-state index contributed by atoms with van der Waals surface area (Å²) < 4.78 is 0. The van der Waals surface area contributed by atoms with Crippen molar-refractivity contribution in [3.8, 4) is 0 Å². The van der Waals surface area contributed by atoms with Gasteiger partial charge in [0.1, 0.15) is 0 Å². The number of anilines is 3. The second-order valence-corrected chi connectivity index (χ2v) is 12.4. The number of likely N-dealkylation sites (tertiary alicyclic amines) is 1. The van der Waals surface area contributed by atoms with E-state index in [4.69, 9.17) is 4.99 Å². The van der Waals surface area contributed by atoms with Gasteiger partial charge in [-0.25, -0.2) is 4.79 Å². The molecule has 0 unspecified atom stereocenters. The molecule has 1 atom stereocenters. The average molecular weight is 607 g/mol. The number of hydrogen-bond acceptors (Lipinski definition) is 5. The lowest BCUT2D eigenvalue weighted by atomic mass is 9.99. The summed E-state index contributed by atoms with van der Waals surface area (Å²) in [6, 6.07) is 26.5. The maximum atomic E-state index is 13.8. The smallest absolute Gasteiger partial charge is 0.321 e. The van der Waals surface area contributed by atoms with Crippen LogP contribution in [0.5, 0.6) is 0 Å². The third-order valence-corrected chi connectivity index (χ3v) is 9.36. The summed E-state index contributed by atoms with van der Waals surface area (Å²) in [6.45, 7) is 7.22. The van der Waals surface area contributed by atoms with Gasteiger partial charge in [-0.15, -0.1) is 0 Å². The highest BCUT2D eigenvalue weighted by Gasteiger charge is 2.32. The van der Waals surface area contributed by atoms with Crippen molar-refractivity contribution in [3.63, 3.8) is 0 Å². The summed E-state index contributed by atoms with van der Waals surface area (Å²) in [4.78, 5) is 38.9. The second kappa shape index (κ2) is 14.7. The fraction of sp³-hybridized carbons (Fsp3) is 0.432. The number of carbonyl (C=O) groups is 2. The number of fused-ring (bicyclic) bond motifs is 1. The Morgan fingerprint density at radius 3 is 2.29 bits per heavy atom. The number of nitrogens with one attached hydrogen (secondary N) is 2. The quantitative estimate of drug-likeness (QED) is 0.293. The highest BCUT2D eigenvalue weighted by molar-refractivity contribution is 6.13. The maximum absolute atomic E-state index is 13.8. The van der Waals surface area contributed by atoms with Gasteiger partial charge < -0.3 is 25.3 Å². The number of aryl methyl sites for hydroxylation is 1. The molecule has 0 saturated carbocycles. The molecule has 3 heterocycles. The predicted molar refractivity (Wildman–Crippen MR) is 183 cm³/mol. The van der Waals surface area contributed by atoms with Gasteiger partial charge in [-0.2, -0.15) is 0 Å². The number of rotatable bonds is 9. The van der Waals surface area contributed by atoms with Gasteiger partial charge in [0, 0.05) is 48.3 Å². The number of amides is 3. The zero-order chi connectivity index (χ0) is 31.0. The van der Waals surface area contributed by atoms with Crippen LogP contribution in [-0.4, -0.2) is 67.5 Å². The summed E-state index contributed by atoms with van der Waals surface area (Å²) in [5.41, 5.74) is 5.67. The number of hydrogen-bond donors (Lipinski definition) is 2. The monoisotopic (exact) mass is 606 g/mol. The zero-order valence-electron chi connectivity index (χ0n) is 26.5. The molecule has 2 fully saturated rings. The summed E-state index contributed by atoms with van der Waals surface area (Å²) in [5.74, 6) is -0.225. The number of carbonyl (C=O) groups excluding carboxylic acids is 2. The SMILES string of the molecule is CCCN1C(=O)[C@H](NC(=O)Nc2ccc(N3CCC(N4CCCCC4)CC3)cc2)N=C(CCc2ccccc2)c2ccccc21. The predicted octanol–water partition coefficient (Wildman–Crippen LogP) is 6.47. The molecular weight excluding hydrogens is 560 g/mol. The molecule has 6 rings (SSSR count). The van der Waals surface area contributed by atoms with E-state index in [9.17, 15) is 9.59 Å². The fourth-order valence-corrected chi connectivity index (χ4v) is 6.97. The van der Waals surface area contributed by atoms with E-state index < -0.39 is 12.2 Å². The van der Waals surface area contributed by atoms with Gasteiger partial charge >= 0.3 is 6.03 Å². The van der Waals surface area contributed by atoms with Crippen LogP contribution in [0.15, 0.2) is 83.9 Å². The number of piperidine rings is 2. The number of aliphatic imine (C=N–C) groups is 1. The minimum Gasteiger partial charge on any atom is -0.371 e. The van der Waals surface area contributed by atoms with Crippen LogP contribution in [0, 0.1) is 0 Å². The molecule has 2 saturated heterocycles. The topological polar surface area (TPSA) is 80.3 Å². The van der Waals surface area contributed by atoms with E-state index in [0.717, 1.165) is 42.9 Å². The van der Waals surface area contributed by atoms with Crippen molar-refractivity contribution in [2.24, 2.45) is 4.99 Å². The van der Waals surface area contributed by atoms with E-state index in [1.807, 2.05) is 61.5 Å². The molecule has 0 aromatic heterocycles. The van der Waals surface area contributed by atoms with E-state index in [2.05, 4.69) is 44.7 Å². The van der Waals surface area contributed by atoms with Crippen molar-refractivity contribution in [3.05, 3.63) is 90.0 Å². The lowest BCUT2D eigenvalue weighted by Crippen LogP contribution is -2.48. The Balaban J connectivity index is 1.11. The van der Waals surface area contributed by atoms with Gasteiger partial charge in [0.05, 0.1) is 5.69 Å². The molecule has 0 aliphatic carbocycles. The Hall–Kier alpha value is -4.17. The Morgan fingerprint density at radius 1 is 0.844 bits per heavy atom. The van der Waals surface area contributed by atoms with E-state index >= 15 is 0 Å². The Kier molecular flexibility index (Phi) is 10.1. The van der Waals surface area contributed by atoms with Crippen LogP contribution in [0.1, 0.15) is 63.0 Å². The van der Waals surface area contributed by atoms with Crippen LogP contribution in [0.2, 0.25) is 0 Å². The molecule has 3 aliphatic heterocycles. The average Bonchev–Trinajstić information content (AvgIpc) is 3.19. The van der Waals surface area contributed by atoms with Gasteiger partial charge in [0.25, 0.3) is 5.91 Å². The largest absolute Gasteiger partial charge is 0.371 e. The number of para-hydroxylation sites is 1. The number of benzodiazepines with no additional fused rings is 1. The molecule has 0 radical (unpaired) electrons. The Labute approximate surface area is 267 Å². The van der Waals surface area contributed by atoms with Crippen LogP contribution >= 0.6 is 0 Å². The van der Waals surface area contributed by atoms with Crippen LogP contribution < -0.4 is 20.4 Å². The van der Waals surface area contributed by atoms with Crippen molar-refractivity contribution >= 4 is 34.7 Å². The molecule has 3 aliphatic rings. The molecule has 3 aromatic carbocycles. The molecule has 8 heteroatoms. The van der Waals surface area contributed by atoms with Gasteiger partial charge in [0.15, 0.2) is 0 Å². The van der Waals surface area contributed by atoms with E-state index in [1.54, 1.807) is 4.90 Å². The van der Waals surface area contributed by atoms with Crippen molar-refractivity contribution in [1.29, 1.82) is 0 Å². The molecule has 0 spiro atoms. The summed E-state index contributed by atoms with van der Waals surface area (Å²) in [5, 5.41) is 5.81. The normalized spacial score (nSPS) is 19.4. The second-order valence-electron chi connectivity index (χ2n) is 12.4. The summed E-state index contributed by atoms with van der Waals surface area (Å²) >= 11 is 0. The fourth-order valence-electron chi connectivity index (χ4n) is 6.97. The maximum Gasteiger partial charge on any atom is 0.321 e. The molecule has 45 heavy (non-hydrogen) atoms. The lowest BCUT2D eigenvalue weighted by Gasteiger charge is -2.41. The highest BCUT2D eigenvalue weighted by Crippen LogP contribution is 2.28. The molecule has 8 nitrogen and oxygen atoms in total. The molecule has 236 valence electrons. The van der Waals surface area contributed by atoms with Crippen molar-refractivity contribution in [1.82, 2.24) is 10.2 Å². The number of nitrogens with zero attached hydrogens (tertiary/aromatic N) is 4.